The minimum atomic E-state index is -0.687. The third kappa shape index (κ3) is 5.07. The van der Waals surface area contributed by atoms with Gasteiger partial charge in [0.2, 0.25) is 11.8 Å². The number of halogens is 1. The van der Waals surface area contributed by atoms with Gasteiger partial charge in [0.1, 0.15) is 0 Å². The van der Waals surface area contributed by atoms with Gasteiger partial charge in [-0.2, -0.15) is 0 Å². The van der Waals surface area contributed by atoms with Gasteiger partial charge in [0.05, 0.1) is 23.1 Å². The number of rotatable bonds is 6. The number of nitrogens with zero attached hydrogens (tertiary/aromatic N) is 1. The second-order valence-electron chi connectivity index (χ2n) is 9.73. The van der Waals surface area contributed by atoms with E-state index in [0.29, 0.717) is 34.8 Å². The highest BCUT2D eigenvalue weighted by Crippen LogP contribution is 2.45. The molecule has 1 aliphatic heterocycles. The van der Waals surface area contributed by atoms with Crippen molar-refractivity contribution in [2.75, 3.05) is 16.8 Å². The van der Waals surface area contributed by atoms with Crippen molar-refractivity contribution < 1.29 is 23.9 Å². The molecule has 2 fully saturated rings. The number of imide groups is 1. The fraction of sp³-hybridized carbons (Fsp3) is 0.267. The summed E-state index contributed by atoms with van der Waals surface area (Å²) in [5, 5.41) is 3.19. The maximum absolute atomic E-state index is 13.3. The monoisotopic (exact) mass is 530 g/mol. The van der Waals surface area contributed by atoms with Crippen molar-refractivity contribution in [3.05, 3.63) is 94.5 Å². The molecule has 194 valence electrons. The van der Waals surface area contributed by atoms with Crippen LogP contribution in [-0.2, 0) is 19.1 Å². The summed E-state index contributed by atoms with van der Waals surface area (Å²) >= 11 is 6.07. The van der Waals surface area contributed by atoms with E-state index in [2.05, 4.69) is 17.4 Å². The number of amides is 3. The van der Waals surface area contributed by atoms with Crippen LogP contribution in [0.15, 0.2) is 72.8 Å². The summed E-state index contributed by atoms with van der Waals surface area (Å²) in [6.45, 7) is 1.31. The second kappa shape index (κ2) is 10.8. The molecule has 8 heteroatoms. The zero-order valence-electron chi connectivity index (χ0n) is 20.9. The van der Waals surface area contributed by atoms with Crippen molar-refractivity contribution in [1.82, 2.24) is 0 Å². The van der Waals surface area contributed by atoms with Crippen LogP contribution in [0.5, 0.6) is 0 Å². The number of hydrogen-bond donors (Lipinski definition) is 1. The quantitative estimate of drug-likeness (QED) is 0.335. The molecule has 3 atom stereocenters. The average molecular weight is 531 g/mol. The third-order valence-electron chi connectivity index (χ3n) is 7.43. The molecule has 2 aliphatic rings. The van der Waals surface area contributed by atoms with Crippen LogP contribution in [0.2, 0.25) is 5.02 Å². The van der Waals surface area contributed by atoms with Gasteiger partial charge in [-0.1, -0.05) is 48.0 Å². The lowest BCUT2D eigenvalue weighted by Gasteiger charge is -2.28. The first-order valence-corrected chi connectivity index (χ1v) is 13.0. The van der Waals surface area contributed by atoms with E-state index < -0.39 is 18.5 Å². The molecule has 1 aliphatic carbocycles. The van der Waals surface area contributed by atoms with Crippen molar-refractivity contribution in [3.63, 3.8) is 0 Å². The first kappa shape index (κ1) is 25.7. The van der Waals surface area contributed by atoms with Gasteiger partial charge in [0.15, 0.2) is 6.61 Å². The van der Waals surface area contributed by atoms with E-state index in [1.54, 1.807) is 37.3 Å². The molecule has 1 heterocycles. The van der Waals surface area contributed by atoms with Gasteiger partial charge >= 0.3 is 5.97 Å². The molecule has 3 aromatic carbocycles. The van der Waals surface area contributed by atoms with E-state index in [0.717, 1.165) is 6.42 Å². The standard InChI is InChI=1S/C30H27ClN2O5/c1-18-25(31)8-5-9-26(18)32-27(34)17-38-30(37)20-10-13-22(14-11-20)33-28(35)23-15-12-21(16-24(23)29(33)36)19-6-3-2-4-7-19/h2-11,13-14,21,23-24H,12,15-17H2,1H3,(H,32,34)/t21-,23+,24-/m0/s1. The molecule has 0 aromatic heterocycles. The van der Waals surface area contributed by atoms with Gasteiger partial charge in [-0.3, -0.25) is 19.3 Å². The Morgan fingerprint density at radius 2 is 1.63 bits per heavy atom. The molecule has 1 N–H and O–H groups in total. The predicted octanol–water partition coefficient (Wildman–Crippen LogP) is 5.52. The van der Waals surface area contributed by atoms with Gasteiger partial charge in [-0.05, 0) is 79.6 Å². The molecule has 38 heavy (non-hydrogen) atoms. The highest BCUT2D eigenvalue weighted by molar-refractivity contribution is 6.31. The zero-order chi connectivity index (χ0) is 26.8. The number of fused-ring (bicyclic) bond motifs is 1. The summed E-state index contributed by atoms with van der Waals surface area (Å²) in [4.78, 5) is 52.4. The van der Waals surface area contributed by atoms with Crippen molar-refractivity contribution in [1.29, 1.82) is 0 Å². The Balaban J connectivity index is 1.20. The first-order chi connectivity index (χ1) is 18.3. The van der Waals surface area contributed by atoms with E-state index in [-0.39, 0.29) is 35.1 Å². The van der Waals surface area contributed by atoms with Crippen LogP contribution in [0, 0.1) is 18.8 Å². The van der Waals surface area contributed by atoms with Gasteiger partial charge in [0.25, 0.3) is 5.91 Å². The average Bonchev–Trinajstić information content (AvgIpc) is 3.19. The number of esters is 1. The summed E-state index contributed by atoms with van der Waals surface area (Å²) in [6, 6.07) is 21.4. The first-order valence-electron chi connectivity index (χ1n) is 12.6. The minimum Gasteiger partial charge on any atom is -0.452 e. The van der Waals surface area contributed by atoms with E-state index in [1.807, 2.05) is 18.2 Å². The topological polar surface area (TPSA) is 92.8 Å². The summed E-state index contributed by atoms with van der Waals surface area (Å²) in [5.41, 5.74) is 3.09. The molecule has 3 aromatic rings. The fourth-order valence-corrected chi connectivity index (χ4v) is 5.53. The largest absolute Gasteiger partial charge is 0.452 e. The number of benzene rings is 3. The van der Waals surface area contributed by atoms with Crippen LogP contribution in [0.3, 0.4) is 0 Å². The molecule has 0 radical (unpaired) electrons. The van der Waals surface area contributed by atoms with Crippen LogP contribution < -0.4 is 10.2 Å². The van der Waals surface area contributed by atoms with Gasteiger partial charge in [-0.15, -0.1) is 0 Å². The Morgan fingerprint density at radius 1 is 0.921 bits per heavy atom. The van der Waals surface area contributed by atoms with Gasteiger partial charge < -0.3 is 10.1 Å². The van der Waals surface area contributed by atoms with Crippen LogP contribution in [0.4, 0.5) is 11.4 Å². The Labute approximate surface area is 225 Å². The molecule has 7 nitrogen and oxygen atoms in total. The predicted molar refractivity (Wildman–Crippen MR) is 144 cm³/mol. The zero-order valence-corrected chi connectivity index (χ0v) is 21.6. The SMILES string of the molecule is Cc1c(Cl)cccc1NC(=O)COC(=O)c1ccc(N2C(=O)[C@H]3C[C@@H](c4ccccc4)CC[C@H]3C2=O)cc1. The molecule has 3 amide bonds. The summed E-state index contributed by atoms with van der Waals surface area (Å²) in [6.07, 6.45) is 2.19. The van der Waals surface area contributed by atoms with Crippen molar-refractivity contribution in [3.8, 4) is 0 Å². The maximum atomic E-state index is 13.3. The van der Waals surface area contributed by atoms with E-state index in [1.165, 1.54) is 22.6 Å². The molecular formula is C30H27ClN2O5. The fourth-order valence-electron chi connectivity index (χ4n) is 5.35. The molecule has 0 bridgehead atoms. The smallest absolute Gasteiger partial charge is 0.338 e. The van der Waals surface area contributed by atoms with Crippen molar-refractivity contribution in [2.24, 2.45) is 11.8 Å². The number of hydrogen-bond acceptors (Lipinski definition) is 5. The highest BCUT2D eigenvalue weighted by Gasteiger charge is 2.50. The molecule has 0 unspecified atom stereocenters. The molecular weight excluding hydrogens is 504 g/mol. The molecule has 0 spiro atoms. The normalized spacial score (nSPS) is 20.7. The molecule has 1 saturated heterocycles. The van der Waals surface area contributed by atoms with Crippen molar-refractivity contribution in [2.45, 2.75) is 32.1 Å². The lowest BCUT2D eigenvalue weighted by atomic mass is 9.73. The Morgan fingerprint density at radius 3 is 2.37 bits per heavy atom. The number of nitrogens with one attached hydrogen (secondary N) is 1. The number of carbonyl (C=O) groups is 4. The maximum Gasteiger partial charge on any atom is 0.338 e. The summed E-state index contributed by atoms with van der Waals surface area (Å²) < 4.78 is 5.14. The van der Waals surface area contributed by atoms with Crippen molar-refractivity contribution >= 4 is 46.7 Å². The Hall–Kier alpha value is -3.97. The van der Waals surface area contributed by atoms with Gasteiger partial charge in [0, 0.05) is 10.7 Å². The van der Waals surface area contributed by atoms with Crippen LogP contribution >= 0.6 is 11.6 Å². The highest BCUT2D eigenvalue weighted by atomic mass is 35.5. The number of carbonyl (C=O) groups excluding carboxylic acids is 4. The van der Waals surface area contributed by atoms with Crippen LogP contribution in [-0.4, -0.2) is 30.3 Å². The third-order valence-corrected chi connectivity index (χ3v) is 7.84. The molecule has 5 rings (SSSR count). The van der Waals surface area contributed by atoms with Crippen LogP contribution in [0.1, 0.15) is 46.7 Å². The van der Waals surface area contributed by atoms with E-state index >= 15 is 0 Å². The molecule has 1 saturated carbocycles. The lowest BCUT2D eigenvalue weighted by molar-refractivity contribution is -0.122. The Bertz CT molecular complexity index is 1390. The van der Waals surface area contributed by atoms with E-state index in [4.69, 9.17) is 16.3 Å². The van der Waals surface area contributed by atoms with E-state index in [9.17, 15) is 19.2 Å². The van der Waals surface area contributed by atoms with Gasteiger partial charge in [-0.25, -0.2) is 4.79 Å². The number of ether oxygens (including phenoxy) is 1. The Kier molecular flexibility index (Phi) is 7.29. The minimum absolute atomic E-state index is 0.185. The lowest BCUT2D eigenvalue weighted by Crippen LogP contribution is -2.30. The number of anilines is 2. The summed E-state index contributed by atoms with van der Waals surface area (Å²) in [5.74, 6) is -1.95. The second-order valence-corrected chi connectivity index (χ2v) is 10.1. The summed E-state index contributed by atoms with van der Waals surface area (Å²) in [7, 11) is 0. The van der Waals surface area contributed by atoms with Crippen LogP contribution in [0.25, 0.3) is 0 Å².